The normalized spacial score (nSPS) is 25.7. The fourth-order valence-corrected chi connectivity index (χ4v) is 4.83. The second kappa shape index (κ2) is 5.40. The molecule has 0 radical (unpaired) electrons. The molecule has 0 spiro atoms. The molecule has 0 bridgehead atoms. The Morgan fingerprint density at radius 2 is 2.26 bits per heavy atom. The monoisotopic (exact) mass is 306 g/mol. The van der Waals surface area contributed by atoms with Crippen molar-refractivity contribution in [1.29, 1.82) is 0 Å². The summed E-state index contributed by atoms with van der Waals surface area (Å²) in [6.45, 7) is 2.91. The maximum atomic E-state index is 12.7. The van der Waals surface area contributed by atoms with Crippen molar-refractivity contribution in [2.75, 3.05) is 13.1 Å². The Morgan fingerprint density at radius 1 is 1.58 bits per heavy atom. The minimum atomic E-state index is -3.64. The number of rotatable bonds is 3. The summed E-state index contributed by atoms with van der Waals surface area (Å²) in [6, 6.07) is -0.167. The van der Waals surface area contributed by atoms with Crippen molar-refractivity contribution in [3.05, 3.63) is 11.2 Å². The average molecular weight is 307 g/mol. The van der Waals surface area contributed by atoms with Gasteiger partial charge in [-0.3, -0.25) is 4.68 Å². The minimum Gasteiger partial charge on any atom is -0.329 e. The van der Waals surface area contributed by atoms with E-state index in [1.54, 1.807) is 7.05 Å². The number of halogens is 1. The first-order valence-corrected chi connectivity index (χ1v) is 8.09. The summed E-state index contributed by atoms with van der Waals surface area (Å²) in [4.78, 5) is 0. The van der Waals surface area contributed by atoms with Gasteiger partial charge in [0.15, 0.2) is 5.03 Å². The number of sulfonamides is 1. The topological polar surface area (TPSA) is 81.2 Å². The summed E-state index contributed by atoms with van der Waals surface area (Å²) < 4.78 is 28.1. The molecular weight excluding hydrogens is 288 g/mol. The lowest BCUT2D eigenvalue weighted by Gasteiger charge is -2.36. The van der Waals surface area contributed by atoms with Gasteiger partial charge in [0.2, 0.25) is 0 Å². The first-order chi connectivity index (χ1) is 8.87. The van der Waals surface area contributed by atoms with E-state index in [2.05, 4.69) is 12.0 Å². The van der Waals surface area contributed by atoms with E-state index in [-0.39, 0.29) is 16.1 Å². The Bertz CT molecular complexity index is 538. The van der Waals surface area contributed by atoms with Crippen molar-refractivity contribution < 1.29 is 8.42 Å². The predicted octanol–water partition coefficient (Wildman–Crippen LogP) is 0.821. The van der Waals surface area contributed by atoms with Crippen molar-refractivity contribution in [2.24, 2.45) is 18.7 Å². The van der Waals surface area contributed by atoms with E-state index in [1.807, 2.05) is 0 Å². The number of hydrogen-bond acceptors (Lipinski definition) is 4. The van der Waals surface area contributed by atoms with Crippen LogP contribution in [-0.4, -0.2) is 41.6 Å². The smallest absolute Gasteiger partial charge is 0.262 e. The lowest BCUT2D eigenvalue weighted by Crippen LogP contribution is -2.49. The fourth-order valence-electron chi connectivity index (χ4n) is 2.56. The van der Waals surface area contributed by atoms with Crippen LogP contribution in [0.15, 0.2) is 11.2 Å². The molecule has 2 atom stereocenters. The van der Waals surface area contributed by atoms with Crippen LogP contribution in [0.2, 0.25) is 5.02 Å². The molecule has 1 fully saturated rings. The highest BCUT2D eigenvalue weighted by Crippen LogP contribution is 2.30. The van der Waals surface area contributed by atoms with E-state index in [9.17, 15) is 8.42 Å². The molecule has 1 aliphatic rings. The third-order valence-electron chi connectivity index (χ3n) is 3.59. The third kappa shape index (κ3) is 2.65. The van der Waals surface area contributed by atoms with Gasteiger partial charge < -0.3 is 5.73 Å². The van der Waals surface area contributed by atoms with Gasteiger partial charge in [-0.05, 0) is 18.8 Å². The molecule has 1 aromatic heterocycles. The first kappa shape index (κ1) is 14.8. The largest absolute Gasteiger partial charge is 0.329 e. The summed E-state index contributed by atoms with van der Waals surface area (Å²) in [5, 5.41) is 4.08. The van der Waals surface area contributed by atoms with Crippen LogP contribution in [0.3, 0.4) is 0 Å². The van der Waals surface area contributed by atoms with E-state index in [1.165, 1.54) is 15.2 Å². The summed E-state index contributed by atoms with van der Waals surface area (Å²) in [5.41, 5.74) is 5.72. The molecular formula is C11H19ClN4O2S. The van der Waals surface area contributed by atoms with E-state index in [0.717, 1.165) is 12.8 Å². The number of aryl methyl sites for hydroxylation is 1. The molecule has 0 aliphatic carbocycles. The second-order valence-corrected chi connectivity index (χ2v) is 7.27. The Morgan fingerprint density at radius 3 is 2.79 bits per heavy atom. The van der Waals surface area contributed by atoms with Gasteiger partial charge in [-0.15, -0.1) is 0 Å². The first-order valence-electron chi connectivity index (χ1n) is 6.27. The van der Waals surface area contributed by atoms with Crippen molar-refractivity contribution in [2.45, 2.75) is 30.8 Å². The molecule has 19 heavy (non-hydrogen) atoms. The number of piperidine rings is 1. The molecule has 0 aromatic carbocycles. The standard InChI is InChI=1S/C11H19ClN4O2S/c1-8-3-4-16(9(5-8)6-13)19(17,18)11-10(12)7-14-15(11)2/h7-9H,3-6,13H2,1-2H3. The molecule has 2 N–H and O–H groups in total. The Balaban J connectivity index is 2.39. The van der Waals surface area contributed by atoms with Crippen LogP contribution in [0.5, 0.6) is 0 Å². The van der Waals surface area contributed by atoms with Crippen LogP contribution >= 0.6 is 11.6 Å². The van der Waals surface area contributed by atoms with Gasteiger partial charge in [0, 0.05) is 26.2 Å². The van der Waals surface area contributed by atoms with Crippen molar-refractivity contribution >= 4 is 21.6 Å². The van der Waals surface area contributed by atoms with Gasteiger partial charge >= 0.3 is 0 Å². The van der Waals surface area contributed by atoms with E-state index in [4.69, 9.17) is 17.3 Å². The molecule has 2 rings (SSSR count). The van der Waals surface area contributed by atoms with Gasteiger partial charge in [-0.25, -0.2) is 8.42 Å². The van der Waals surface area contributed by atoms with Crippen molar-refractivity contribution in [3.8, 4) is 0 Å². The number of hydrogen-bond donors (Lipinski definition) is 1. The molecule has 1 aromatic rings. The number of aromatic nitrogens is 2. The van der Waals surface area contributed by atoms with Gasteiger partial charge in [-0.2, -0.15) is 9.40 Å². The highest BCUT2D eigenvalue weighted by molar-refractivity contribution is 7.89. The van der Waals surface area contributed by atoms with Crippen LogP contribution in [0, 0.1) is 5.92 Å². The number of nitrogens with zero attached hydrogens (tertiary/aromatic N) is 3. The lowest BCUT2D eigenvalue weighted by atomic mass is 9.94. The summed E-state index contributed by atoms with van der Waals surface area (Å²) >= 11 is 5.95. The third-order valence-corrected chi connectivity index (χ3v) is 6.05. The van der Waals surface area contributed by atoms with Crippen LogP contribution < -0.4 is 5.73 Å². The number of nitrogens with two attached hydrogens (primary N) is 1. The molecule has 2 unspecified atom stereocenters. The summed E-state index contributed by atoms with van der Waals surface area (Å²) in [7, 11) is -2.07. The molecule has 0 saturated carbocycles. The lowest BCUT2D eigenvalue weighted by molar-refractivity contribution is 0.210. The zero-order chi connectivity index (χ0) is 14.2. The van der Waals surface area contributed by atoms with E-state index in [0.29, 0.717) is 19.0 Å². The van der Waals surface area contributed by atoms with E-state index < -0.39 is 10.0 Å². The fraction of sp³-hybridized carbons (Fsp3) is 0.727. The SMILES string of the molecule is CC1CCN(S(=O)(=O)c2c(Cl)cnn2C)C(CN)C1. The van der Waals surface area contributed by atoms with Crippen molar-refractivity contribution in [1.82, 2.24) is 14.1 Å². The summed E-state index contributed by atoms with van der Waals surface area (Å²) in [5.74, 6) is 0.488. The van der Waals surface area contributed by atoms with Crippen LogP contribution in [0.4, 0.5) is 0 Å². The van der Waals surface area contributed by atoms with Crippen LogP contribution in [0.25, 0.3) is 0 Å². The van der Waals surface area contributed by atoms with Gasteiger partial charge in [-0.1, -0.05) is 18.5 Å². The molecule has 0 amide bonds. The zero-order valence-electron chi connectivity index (χ0n) is 11.1. The predicted molar refractivity (Wildman–Crippen MR) is 73.4 cm³/mol. The van der Waals surface area contributed by atoms with Gasteiger partial charge in [0.1, 0.15) is 0 Å². The summed E-state index contributed by atoms with van der Waals surface area (Å²) in [6.07, 6.45) is 2.97. The molecule has 108 valence electrons. The van der Waals surface area contributed by atoms with E-state index >= 15 is 0 Å². The zero-order valence-corrected chi connectivity index (χ0v) is 12.7. The Hall–Kier alpha value is -0.630. The quantitative estimate of drug-likeness (QED) is 0.896. The second-order valence-electron chi connectivity index (χ2n) is 5.06. The Kier molecular flexibility index (Phi) is 4.20. The highest BCUT2D eigenvalue weighted by Gasteiger charge is 2.37. The van der Waals surface area contributed by atoms with Crippen molar-refractivity contribution in [3.63, 3.8) is 0 Å². The molecule has 6 nitrogen and oxygen atoms in total. The average Bonchev–Trinajstić information content (AvgIpc) is 2.68. The van der Waals surface area contributed by atoms with Gasteiger partial charge in [0.05, 0.1) is 11.2 Å². The minimum absolute atomic E-state index is 0.0437. The Labute approximate surface area is 118 Å². The highest BCUT2D eigenvalue weighted by atomic mass is 35.5. The molecule has 2 heterocycles. The maximum Gasteiger partial charge on any atom is 0.262 e. The maximum absolute atomic E-state index is 12.7. The molecule has 1 aliphatic heterocycles. The molecule has 1 saturated heterocycles. The van der Waals surface area contributed by atoms with Crippen LogP contribution in [-0.2, 0) is 17.1 Å². The van der Waals surface area contributed by atoms with Crippen LogP contribution in [0.1, 0.15) is 19.8 Å². The van der Waals surface area contributed by atoms with Gasteiger partial charge in [0.25, 0.3) is 10.0 Å². The molecule has 8 heteroatoms.